The molecule has 0 saturated heterocycles. The van der Waals surface area contributed by atoms with E-state index in [1.165, 1.54) is 35.8 Å². The van der Waals surface area contributed by atoms with E-state index in [0.29, 0.717) is 15.7 Å². The minimum Gasteiger partial charge on any atom is -0.465 e. The molecule has 1 N–H and O–H groups in total. The van der Waals surface area contributed by atoms with Crippen LogP contribution in [0.15, 0.2) is 29.4 Å². The number of benzene rings is 1. The fourth-order valence-electron chi connectivity index (χ4n) is 3.50. The number of carbonyl (C=O) groups excluding carboxylic acids is 2. The molecule has 156 valence electrons. The van der Waals surface area contributed by atoms with Crippen molar-refractivity contribution in [1.82, 2.24) is 14.8 Å². The average Bonchev–Trinajstić information content (AvgIpc) is 3.41. The molecule has 7 nitrogen and oxygen atoms in total. The van der Waals surface area contributed by atoms with Gasteiger partial charge in [0.2, 0.25) is 5.91 Å². The molecule has 2 heterocycles. The molecule has 0 spiro atoms. The number of hydrogen-bond donors (Lipinski definition) is 1. The van der Waals surface area contributed by atoms with Crippen LogP contribution >= 0.6 is 23.1 Å². The van der Waals surface area contributed by atoms with Gasteiger partial charge in [0, 0.05) is 17.5 Å². The predicted molar refractivity (Wildman–Crippen MR) is 118 cm³/mol. The van der Waals surface area contributed by atoms with Crippen LogP contribution in [0.1, 0.15) is 32.8 Å². The van der Waals surface area contributed by atoms with Crippen molar-refractivity contribution in [2.75, 3.05) is 18.2 Å². The number of thiophene rings is 1. The molecular formula is C21H22N4O3S2. The van der Waals surface area contributed by atoms with Crippen molar-refractivity contribution in [1.29, 1.82) is 0 Å². The normalized spacial score (nSPS) is 12.6. The number of amides is 1. The maximum absolute atomic E-state index is 12.6. The smallest absolute Gasteiger partial charge is 0.341 e. The Morgan fingerprint density at radius 3 is 2.73 bits per heavy atom. The average molecular weight is 443 g/mol. The van der Waals surface area contributed by atoms with Gasteiger partial charge in [-0.05, 0) is 31.7 Å². The summed E-state index contributed by atoms with van der Waals surface area (Å²) < 4.78 is 6.81. The molecule has 0 atom stereocenters. The van der Waals surface area contributed by atoms with Crippen molar-refractivity contribution in [3.8, 4) is 11.4 Å². The van der Waals surface area contributed by atoms with Crippen LogP contribution in [0.2, 0.25) is 0 Å². The number of aryl methyl sites for hydroxylation is 2. The second kappa shape index (κ2) is 8.61. The number of methoxy groups -OCH3 is 1. The van der Waals surface area contributed by atoms with Gasteiger partial charge in [0.1, 0.15) is 5.00 Å². The van der Waals surface area contributed by atoms with Crippen molar-refractivity contribution in [2.24, 2.45) is 7.05 Å². The maximum atomic E-state index is 12.6. The van der Waals surface area contributed by atoms with E-state index in [0.717, 1.165) is 41.1 Å². The van der Waals surface area contributed by atoms with Crippen molar-refractivity contribution in [2.45, 2.75) is 31.3 Å². The Balaban J connectivity index is 1.44. The van der Waals surface area contributed by atoms with Crippen LogP contribution in [-0.2, 0) is 29.4 Å². The van der Waals surface area contributed by atoms with E-state index in [1.807, 2.05) is 42.8 Å². The highest BCUT2D eigenvalue weighted by Crippen LogP contribution is 2.39. The minimum atomic E-state index is -0.395. The van der Waals surface area contributed by atoms with Gasteiger partial charge < -0.3 is 14.6 Å². The molecule has 0 unspecified atom stereocenters. The molecule has 3 aromatic rings. The summed E-state index contributed by atoms with van der Waals surface area (Å²) in [4.78, 5) is 26.0. The van der Waals surface area contributed by atoms with Gasteiger partial charge >= 0.3 is 5.97 Å². The summed E-state index contributed by atoms with van der Waals surface area (Å²) in [7, 11) is 3.25. The Morgan fingerprint density at radius 1 is 1.23 bits per heavy atom. The fourth-order valence-corrected chi connectivity index (χ4v) is 5.50. The van der Waals surface area contributed by atoms with Gasteiger partial charge in [-0.2, -0.15) is 0 Å². The van der Waals surface area contributed by atoms with E-state index in [9.17, 15) is 9.59 Å². The van der Waals surface area contributed by atoms with Crippen LogP contribution in [-0.4, -0.2) is 39.5 Å². The molecule has 9 heteroatoms. The number of rotatable bonds is 6. The number of esters is 1. The first-order valence-electron chi connectivity index (χ1n) is 9.60. The third-order valence-corrected chi connectivity index (χ3v) is 7.27. The molecule has 0 bridgehead atoms. The molecule has 2 aromatic heterocycles. The van der Waals surface area contributed by atoms with Gasteiger partial charge in [0.05, 0.1) is 18.4 Å². The number of nitrogens with one attached hydrogen (secondary N) is 1. The first kappa shape index (κ1) is 20.6. The number of nitrogens with zero attached hydrogens (tertiary/aromatic N) is 3. The van der Waals surface area contributed by atoms with E-state index in [4.69, 9.17) is 4.74 Å². The van der Waals surface area contributed by atoms with Crippen molar-refractivity contribution in [3.05, 3.63) is 45.8 Å². The van der Waals surface area contributed by atoms with E-state index in [2.05, 4.69) is 15.5 Å². The first-order chi connectivity index (χ1) is 14.5. The molecule has 0 radical (unpaired) electrons. The van der Waals surface area contributed by atoms with E-state index >= 15 is 0 Å². The van der Waals surface area contributed by atoms with E-state index in [-0.39, 0.29) is 11.7 Å². The summed E-state index contributed by atoms with van der Waals surface area (Å²) in [6.45, 7) is 2.04. The zero-order valence-corrected chi connectivity index (χ0v) is 18.7. The largest absolute Gasteiger partial charge is 0.465 e. The lowest BCUT2D eigenvalue weighted by Crippen LogP contribution is -2.16. The standard InChI is InChI=1S/C21H22N4O3S2/c1-12-7-9-13(10-8-12)18-23-24-21(25(18)2)29-11-16(26)22-19-17(20(27)28-3)14-5-4-6-15(14)30-19/h7-10H,4-6,11H2,1-3H3,(H,22,26). The zero-order valence-electron chi connectivity index (χ0n) is 17.0. The quantitative estimate of drug-likeness (QED) is 0.461. The third kappa shape index (κ3) is 3.99. The summed E-state index contributed by atoms with van der Waals surface area (Å²) in [5, 5.41) is 12.6. The highest BCUT2D eigenvalue weighted by Gasteiger charge is 2.28. The Labute approximate surface area is 182 Å². The van der Waals surface area contributed by atoms with Gasteiger partial charge in [0.25, 0.3) is 0 Å². The van der Waals surface area contributed by atoms with Crippen molar-refractivity contribution in [3.63, 3.8) is 0 Å². The van der Waals surface area contributed by atoms with Crippen molar-refractivity contribution < 1.29 is 14.3 Å². The molecule has 1 aliphatic carbocycles. The van der Waals surface area contributed by atoms with Crippen molar-refractivity contribution >= 4 is 40.0 Å². The number of thioether (sulfide) groups is 1. The number of anilines is 1. The number of carbonyl (C=O) groups is 2. The molecule has 0 aliphatic heterocycles. The summed E-state index contributed by atoms with van der Waals surface area (Å²) in [6, 6.07) is 8.07. The Bertz CT molecular complexity index is 1100. The molecule has 1 amide bonds. The van der Waals surface area contributed by atoms with Gasteiger partial charge in [-0.1, -0.05) is 41.6 Å². The van der Waals surface area contributed by atoms with Gasteiger partial charge in [-0.3, -0.25) is 4.79 Å². The highest BCUT2D eigenvalue weighted by atomic mass is 32.2. The lowest BCUT2D eigenvalue weighted by molar-refractivity contribution is -0.113. The Kier molecular flexibility index (Phi) is 5.92. The Hall–Kier alpha value is -2.65. The second-order valence-corrected chi connectivity index (χ2v) is 9.17. The zero-order chi connectivity index (χ0) is 21.3. The number of fused-ring (bicyclic) bond motifs is 1. The molecular weight excluding hydrogens is 420 g/mol. The molecule has 30 heavy (non-hydrogen) atoms. The number of aromatic nitrogens is 3. The molecule has 1 aliphatic rings. The summed E-state index contributed by atoms with van der Waals surface area (Å²) in [5.41, 5.74) is 3.68. The van der Waals surface area contributed by atoms with Crippen LogP contribution in [0.3, 0.4) is 0 Å². The molecule has 0 saturated carbocycles. The highest BCUT2D eigenvalue weighted by molar-refractivity contribution is 7.99. The summed E-state index contributed by atoms with van der Waals surface area (Å²) in [5.74, 6) is 0.335. The van der Waals surface area contributed by atoms with Gasteiger partial charge in [-0.15, -0.1) is 21.5 Å². The lowest BCUT2D eigenvalue weighted by atomic mass is 10.1. The summed E-state index contributed by atoms with van der Waals surface area (Å²) >= 11 is 2.78. The number of hydrogen-bond acceptors (Lipinski definition) is 7. The van der Waals surface area contributed by atoms with Crippen LogP contribution in [0.25, 0.3) is 11.4 Å². The second-order valence-electron chi connectivity index (χ2n) is 7.12. The van der Waals surface area contributed by atoms with Crippen LogP contribution in [0.5, 0.6) is 0 Å². The fraction of sp³-hybridized carbons (Fsp3) is 0.333. The minimum absolute atomic E-state index is 0.170. The molecule has 0 fully saturated rings. The van der Waals surface area contributed by atoms with Crippen LogP contribution in [0, 0.1) is 6.92 Å². The molecule has 1 aromatic carbocycles. The predicted octanol–water partition coefficient (Wildman–Crippen LogP) is 3.86. The van der Waals surface area contributed by atoms with Gasteiger partial charge in [0.15, 0.2) is 11.0 Å². The Morgan fingerprint density at radius 2 is 2.00 bits per heavy atom. The topological polar surface area (TPSA) is 86.1 Å². The van der Waals surface area contributed by atoms with Crippen LogP contribution in [0.4, 0.5) is 5.00 Å². The monoisotopic (exact) mass is 442 g/mol. The van der Waals surface area contributed by atoms with E-state index in [1.54, 1.807) is 0 Å². The first-order valence-corrected chi connectivity index (χ1v) is 11.4. The maximum Gasteiger partial charge on any atom is 0.341 e. The van der Waals surface area contributed by atoms with Gasteiger partial charge in [-0.25, -0.2) is 4.79 Å². The van der Waals surface area contributed by atoms with Crippen LogP contribution < -0.4 is 5.32 Å². The SMILES string of the molecule is COC(=O)c1c(NC(=O)CSc2nnc(-c3ccc(C)cc3)n2C)sc2c1CCC2. The lowest BCUT2D eigenvalue weighted by Gasteiger charge is -2.07. The van der Waals surface area contributed by atoms with E-state index < -0.39 is 5.97 Å². The number of ether oxygens (including phenoxy) is 1. The molecule has 4 rings (SSSR count). The third-order valence-electron chi connectivity index (χ3n) is 5.04. The summed E-state index contributed by atoms with van der Waals surface area (Å²) in [6.07, 6.45) is 2.82.